The average molecular weight is 450 g/mol. The fourth-order valence-corrected chi connectivity index (χ4v) is 6.55. The van der Waals surface area contributed by atoms with Crippen molar-refractivity contribution in [1.29, 1.82) is 0 Å². The van der Waals surface area contributed by atoms with Crippen LogP contribution in [-0.4, -0.2) is 20.7 Å². The minimum absolute atomic E-state index is 0.0713. The number of nitrogens with zero attached hydrogens (tertiary/aromatic N) is 3. The van der Waals surface area contributed by atoms with Gasteiger partial charge in [0.2, 0.25) is 0 Å². The highest BCUT2D eigenvalue weighted by atomic mass is 16.6. The van der Waals surface area contributed by atoms with Crippen molar-refractivity contribution in [3.63, 3.8) is 0 Å². The lowest BCUT2D eigenvalue weighted by atomic mass is 9.55. The van der Waals surface area contributed by atoms with Gasteiger partial charge in [-0.05, 0) is 85.6 Å². The van der Waals surface area contributed by atoms with Gasteiger partial charge in [0.25, 0.3) is 5.69 Å². The molecule has 3 aliphatic rings. The number of non-ortho nitro benzene ring substituents is 1. The summed E-state index contributed by atoms with van der Waals surface area (Å²) in [6.07, 6.45) is 5.97. The van der Waals surface area contributed by atoms with Gasteiger partial charge in [0.05, 0.1) is 15.9 Å². The van der Waals surface area contributed by atoms with Crippen LogP contribution in [-0.2, 0) is 6.42 Å². The van der Waals surface area contributed by atoms with E-state index in [-0.39, 0.29) is 22.5 Å². The Morgan fingerprint density at radius 2 is 1.88 bits per heavy atom. The Balaban J connectivity index is 1.40. The third-order valence-corrected chi connectivity index (χ3v) is 8.15. The summed E-state index contributed by atoms with van der Waals surface area (Å²) in [6.45, 7) is 2.26. The van der Waals surface area contributed by atoms with E-state index in [1.54, 1.807) is 6.07 Å². The van der Waals surface area contributed by atoms with Crippen molar-refractivity contribution in [1.82, 2.24) is 0 Å². The van der Waals surface area contributed by atoms with Gasteiger partial charge in [-0.15, -0.1) is 0 Å². The molecule has 0 bridgehead atoms. The van der Waals surface area contributed by atoms with E-state index in [0.29, 0.717) is 23.5 Å². The number of phenolic OH excluding ortho intramolecular Hbond substituents is 1. The van der Waals surface area contributed by atoms with Crippen LogP contribution >= 0.6 is 0 Å². The molecule has 172 valence electrons. The van der Waals surface area contributed by atoms with Gasteiger partial charge in [-0.25, -0.2) is 0 Å². The van der Waals surface area contributed by atoms with Crippen molar-refractivity contribution in [2.45, 2.75) is 51.4 Å². The van der Waals surface area contributed by atoms with Gasteiger partial charge in [0.15, 0.2) is 0 Å². The molecule has 0 radical (unpaired) electrons. The zero-order chi connectivity index (χ0) is 23.3. The summed E-state index contributed by atoms with van der Waals surface area (Å²) in [5, 5.41) is 36.9. The Hall–Kier alpha value is -3.49. The van der Waals surface area contributed by atoms with E-state index >= 15 is 0 Å². The molecule has 3 aliphatic carbocycles. The Kier molecular flexibility index (Phi) is 5.07. The molecule has 0 saturated heterocycles. The smallest absolute Gasteiger partial charge is 0.301 e. The van der Waals surface area contributed by atoms with E-state index in [1.165, 1.54) is 23.3 Å². The van der Waals surface area contributed by atoms with Crippen LogP contribution in [0.4, 0.5) is 17.1 Å². The Bertz CT molecular complexity index is 1180. The number of fused-ring (bicyclic) bond motifs is 5. The third kappa shape index (κ3) is 3.51. The number of hydrazone groups is 1. The van der Waals surface area contributed by atoms with Crippen molar-refractivity contribution in [3.8, 4) is 5.75 Å². The van der Waals surface area contributed by atoms with E-state index in [4.69, 9.17) is 0 Å². The van der Waals surface area contributed by atoms with Crippen LogP contribution in [0.5, 0.6) is 5.75 Å². The standard InChI is InChI=1S/C24H26N4O5/c1-24-11-10-18-17-6-4-16(29)12-14(17)2-5-19(18)20(24)7-9-23(24)26-25-21-8-3-15(27(30)31)13-22(21)28(32)33/h3-4,6,8,12-13,18-20,25,29H,2,5,7,9-11H2,1H3/b26-23+/t18-,19-,20+,24+/m1/s1. The molecule has 0 heterocycles. The molecule has 2 N–H and O–H groups in total. The Labute approximate surface area is 190 Å². The first-order chi connectivity index (χ1) is 15.8. The second-order valence-electron chi connectivity index (χ2n) is 9.68. The number of rotatable bonds is 4. The first-order valence-corrected chi connectivity index (χ1v) is 11.4. The average Bonchev–Trinajstić information content (AvgIpc) is 3.13. The molecule has 4 atom stereocenters. The molecule has 33 heavy (non-hydrogen) atoms. The predicted octanol–water partition coefficient (Wildman–Crippen LogP) is 5.53. The van der Waals surface area contributed by atoms with Crippen molar-refractivity contribution in [2.24, 2.45) is 22.4 Å². The highest BCUT2D eigenvalue weighted by Crippen LogP contribution is 2.60. The zero-order valence-corrected chi connectivity index (χ0v) is 18.4. The minimum atomic E-state index is -0.645. The van der Waals surface area contributed by atoms with Crippen molar-refractivity contribution in [2.75, 3.05) is 5.43 Å². The fraction of sp³-hybridized carbons (Fsp3) is 0.458. The van der Waals surface area contributed by atoms with Gasteiger partial charge in [-0.1, -0.05) is 13.0 Å². The highest BCUT2D eigenvalue weighted by molar-refractivity contribution is 5.93. The number of nitro benzene ring substituents is 2. The number of phenols is 1. The number of hydrogen-bond acceptors (Lipinski definition) is 7. The van der Waals surface area contributed by atoms with E-state index in [0.717, 1.165) is 50.3 Å². The summed E-state index contributed by atoms with van der Waals surface area (Å²) in [5.41, 5.74) is 5.92. The van der Waals surface area contributed by atoms with Gasteiger partial charge in [0.1, 0.15) is 11.4 Å². The molecule has 2 aromatic rings. The normalized spacial score (nSPS) is 29.1. The van der Waals surface area contributed by atoms with Crippen LogP contribution in [0.15, 0.2) is 41.5 Å². The van der Waals surface area contributed by atoms with Gasteiger partial charge in [0, 0.05) is 17.2 Å². The summed E-state index contributed by atoms with van der Waals surface area (Å²) in [5.74, 6) is 1.87. The Morgan fingerprint density at radius 3 is 2.64 bits per heavy atom. The summed E-state index contributed by atoms with van der Waals surface area (Å²) < 4.78 is 0. The number of benzene rings is 2. The first kappa shape index (κ1) is 21.4. The summed E-state index contributed by atoms with van der Waals surface area (Å²) >= 11 is 0. The van der Waals surface area contributed by atoms with Crippen LogP contribution in [0.2, 0.25) is 0 Å². The van der Waals surface area contributed by atoms with Crippen molar-refractivity contribution < 1.29 is 15.0 Å². The molecule has 0 aliphatic heterocycles. The molecular formula is C24H26N4O5. The number of hydrogen-bond donors (Lipinski definition) is 2. The second-order valence-corrected chi connectivity index (χ2v) is 9.68. The van der Waals surface area contributed by atoms with Gasteiger partial charge in [-0.3, -0.25) is 25.7 Å². The minimum Gasteiger partial charge on any atom is -0.508 e. The number of nitrogens with one attached hydrogen (secondary N) is 1. The maximum absolute atomic E-state index is 11.4. The van der Waals surface area contributed by atoms with Crippen LogP contribution in [0.25, 0.3) is 0 Å². The maximum atomic E-state index is 11.4. The molecule has 9 nitrogen and oxygen atoms in total. The quantitative estimate of drug-likeness (QED) is 0.465. The lowest BCUT2D eigenvalue weighted by Crippen LogP contribution is -2.42. The van der Waals surface area contributed by atoms with Crippen LogP contribution in [0.3, 0.4) is 0 Å². The molecule has 0 aromatic heterocycles. The molecule has 2 aromatic carbocycles. The highest BCUT2D eigenvalue weighted by Gasteiger charge is 2.53. The summed E-state index contributed by atoms with van der Waals surface area (Å²) in [7, 11) is 0. The zero-order valence-electron chi connectivity index (χ0n) is 18.4. The number of nitro groups is 2. The largest absolute Gasteiger partial charge is 0.508 e. The van der Waals surface area contributed by atoms with E-state index in [9.17, 15) is 25.3 Å². The Morgan fingerprint density at radius 1 is 1.06 bits per heavy atom. The molecule has 2 fully saturated rings. The summed E-state index contributed by atoms with van der Waals surface area (Å²) in [4.78, 5) is 21.2. The first-order valence-electron chi connectivity index (χ1n) is 11.4. The molecule has 0 unspecified atom stereocenters. The van der Waals surface area contributed by atoms with Crippen molar-refractivity contribution >= 4 is 22.8 Å². The van der Waals surface area contributed by atoms with Crippen molar-refractivity contribution in [3.05, 3.63) is 67.8 Å². The molecule has 9 heteroatoms. The third-order valence-electron chi connectivity index (χ3n) is 8.15. The number of aryl methyl sites for hydroxylation is 1. The molecule has 0 amide bonds. The molecule has 5 rings (SSSR count). The van der Waals surface area contributed by atoms with Gasteiger partial charge >= 0.3 is 5.69 Å². The van der Waals surface area contributed by atoms with Crippen LogP contribution in [0, 0.1) is 37.5 Å². The monoisotopic (exact) mass is 450 g/mol. The number of aromatic hydroxyl groups is 1. The molecule has 0 spiro atoms. The van der Waals surface area contributed by atoms with Crippen LogP contribution < -0.4 is 5.43 Å². The SMILES string of the molecule is C[C@]12CC[C@@H]3c4ccc(O)cc4CC[C@H]3[C@@H]1CC/C2=N\Nc1ccc([N+](=O)[O-])cc1[N+](=O)[O-]. The predicted molar refractivity (Wildman–Crippen MR) is 124 cm³/mol. The maximum Gasteiger partial charge on any atom is 0.301 e. The van der Waals surface area contributed by atoms with Gasteiger partial charge in [-0.2, -0.15) is 5.10 Å². The van der Waals surface area contributed by atoms with E-state index in [1.807, 2.05) is 6.07 Å². The lowest BCUT2D eigenvalue weighted by Gasteiger charge is -2.49. The topological polar surface area (TPSA) is 131 Å². The fourth-order valence-electron chi connectivity index (χ4n) is 6.55. The van der Waals surface area contributed by atoms with Gasteiger partial charge < -0.3 is 5.11 Å². The van der Waals surface area contributed by atoms with E-state index in [2.05, 4.69) is 23.5 Å². The van der Waals surface area contributed by atoms with E-state index < -0.39 is 9.85 Å². The van der Waals surface area contributed by atoms with Crippen LogP contribution in [0.1, 0.15) is 56.1 Å². The number of anilines is 1. The molecule has 2 saturated carbocycles. The lowest BCUT2D eigenvalue weighted by molar-refractivity contribution is -0.393. The second kappa shape index (κ2) is 7.83. The summed E-state index contributed by atoms with van der Waals surface area (Å²) in [6, 6.07) is 9.34. The molecular weight excluding hydrogens is 424 g/mol.